The van der Waals surface area contributed by atoms with E-state index in [9.17, 15) is 8.42 Å². The Kier molecular flexibility index (Phi) is 2.77. The lowest BCUT2D eigenvalue weighted by Crippen LogP contribution is -2.43. The first-order valence-corrected chi connectivity index (χ1v) is 7.39. The van der Waals surface area contributed by atoms with Gasteiger partial charge in [-0.25, -0.2) is 8.42 Å². The van der Waals surface area contributed by atoms with Gasteiger partial charge in [-0.3, -0.25) is 0 Å². The first-order valence-electron chi connectivity index (χ1n) is 5.12. The molecule has 1 saturated carbocycles. The van der Waals surface area contributed by atoms with Gasteiger partial charge < -0.3 is 5.73 Å². The molecule has 2 rings (SSSR count). The first-order chi connectivity index (χ1) is 7.33. The van der Waals surface area contributed by atoms with Crippen molar-refractivity contribution in [3.63, 3.8) is 0 Å². The smallest absolute Gasteiger partial charge is 0.175 e. The number of nitrogens with two attached hydrogens (primary N) is 1. The van der Waals surface area contributed by atoms with Crippen molar-refractivity contribution in [3.8, 4) is 0 Å². The summed E-state index contributed by atoms with van der Waals surface area (Å²) < 4.78 is 22.9. The first kappa shape index (κ1) is 11.9. The van der Waals surface area contributed by atoms with E-state index < -0.39 is 15.4 Å². The van der Waals surface area contributed by atoms with E-state index in [1.165, 1.54) is 12.3 Å². The van der Waals surface area contributed by atoms with Gasteiger partial charge in [-0.1, -0.05) is 11.6 Å². The molecule has 1 fully saturated rings. The second-order valence-electron chi connectivity index (χ2n) is 4.42. The number of benzene rings is 1. The molecule has 1 aromatic carbocycles. The van der Waals surface area contributed by atoms with E-state index in [2.05, 4.69) is 0 Å². The van der Waals surface area contributed by atoms with Crippen LogP contribution in [0.3, 0.4) is 0 Å². The third-order valence-electron chi connectivity index (χ3n) is 3.15. The highest BCUT2D eigenvalue weighted by Crippen LogP contribution is 2.42. The Morgan fingerprint density at radius 1 is 1.38 bits per heavy atom. The predicted octanol–water partition coefficient (Wildman–Crippen LogP) is 2.08. The molecular weight excluding hydrogens is 246 g/mol. The summed E-state index contributed by atoms with van der Waals surface area (Å²) in [5.74, 6) is 0. The number of rotatable bonds is 2. The van der Waals surface area contributed by atoms with Crippen molar-refractivity contribution in [2.75, 3.05) is 6.26 Å². The molecule has 88 valence electrons. The maximum absolute atomic E-state index is 11.4. The molecule has 3 nitrogen and oxygen atoms in total. The average molecular weight is 260 g/mol. The van der Waals surface area contributed by atoms with E-state index in [1.807, 2.05) is 0 Å². The summed E-state index contributed by atoms with van der Waals surface area (Å²) in [6, 6.07) is 4.74. The zero-order chi connectivity index (χ0) is 12.0. The van der Waals surface area contributed by atoms with Crippen molar-refractivity contribution in [3.05, 3.63) is 28.8 Å². The molecule has 2 N–H and O–H groups in total. The molecule has 0 aliphatic heterocycles. The van der Waals surface area contributed by atoms with Gasteiger partial charge in [-0.15, -0.1) is 0 Å². The number of hydrogen-bond donors (Lipinski definition) is 1. The van der Waals surface area contributed by atoms with Crippen molar-refractivity contribution >= 4 is 21.4 Å². The van der Waals surface area contributed by atoms with Crippen molar-refractivity contribution < 1.29 is 8.42 Å². The highest BCUT2D eigenvalue weighted by Gasteiger charge is 2.36. The fourth-order valence-corrected chi connectivity index (χ4v) is 2.90. The number of hydrogen-bond acceptors (Lipinski definition) is 3. The second-order valence-corrected chi connectivity index (χ2v) is 6.85. The van der Waals surface area contributed by atoms with Gasteiger partial charge in [0.25, 0.3) is 0 Å². The average Bonchev–Trinajstić information content (AvgIpc) is 2.13. The Hall–Kier alpha value is -0.580. The minimum atomic E-state index is -3.20. The molecule has 0 saturated heterocycles. The minimum absolute atomic E-state index is 0.281. The zero-order valence-electron chi connectivity index (χ0n) is 9.03. The fourth-order valence-electron chi connectivity index (χ4n) is 1.94. The van der Waals surface area contributed by atoms with E-state index in [1.54, 1.807) is 12.1 Å². The van der Waals surface area contributed by atoms with Gasteiger partial charge in [-0.05, 0) is 43.0 Å². The van der Waals surface area contributed by atoms with Crippen molar-refractivity contribution in [2.45, 2.75) is 29.7 Å². The van der Waals surface area contributed by atoms with E-state index in [0.29, 0.717) is 5.02 Å². The summed E-state index contributed by atoms with van der Waals surface area (Å²) in [6.07, 6.45) is 3.97. The van der Waals surface area contributed by atoms with Gasteiger partial charge >= 0.3 is 0 Å². The van der Waals surface area contributed by atoms with Crippen LogP contribution in [0.15, 0.2) is 23.1 Å². The molecule has 0 aromatic heterocycles. The van der Waals surface area contributed by atoms with Crippen LogP contribution in [0.25, 0.3) is 0 Å². The summed E-state index contributed by atoms with van der Waals surface area (Å²) in [5, 5.41) is 0.551. The van der Waals surface area contributed by atoms with Crippen molar-refractivity contribution in [1.29, 1.82) is 0 Å². The third-order valence-corrected chi connectivity index (χ3v) is 4.59. The van der Waals surface area contributed by atoms with Crippen LogP contribution in [0, 0.1) is 0 Å². The Balaban J connectivity index is 2.53. The zero-order valence-corrected chi connectivity index (χ0v) is 10.6. The van der Waals surface area contributed by atoms with Gasteiger partial charge in [0.15, 0.2) is 9.84 Å². The molecule has 0 unspecified atom stereocenters. The Labute approximate surface area is 101 Å². The van der Waals surface area contributed by atoms with Crippen LogP contribution >= 0.6 is 11.6 Å². The molecule has 1 aliphatic rings. The summed E-state index contributed by atoms with van der Waals surface area (Å²) in [6.45, 7) is 0. The van der Waals surface area contributed by atoms with E-state index in [4.69, 9.17) is 17.3 Å². The van der Waals surface area contributed by atoms with E-state index in [0.717, 1.165) is 24.8 Å². The summed E-state index contributed by atoms with van der Waals surface area (Å²) in [7, 11) is -3.20. The fraction of sp³-hybridized carbons (Fsp3) is 0.455. The van der Waals surface area contributed by atoms with Crippen molar-refractivity contribution in [1.82, 2.24) is 0 Å². The maximum Gasteiger partial charge on any atom is 0.175 e. The molecule has 0 atom stereocenters. The normalized spacial score (nSPS) is 19.2. The van der Waals surface area contributed by atoms with E-state index >= 15 is 0 Å². The molecule has 5 heteroatoms. The molecule has 0 bridgehead atoms. The SMILES string of the molecule is CS(=O)(=O)c1ccc(Cl)c(C2(N)CCC2)c1. The quantitative estimate of drug-likeness (QED) is 0.885. The van der Waals surface area contributed by atoms with Gasteiger partial charge in [0.1, 0.15) is 0 Å². The van der Waals surface area contributed by atoms with Crippen LogP contribution in [-0.2, 0) is 15.4 Å². The molecule has 0 heterocycles. The Morgan fingerprint density at radius 2 is 2.00 bits per heavy atom. The topological polar surface area (TPSA) is 60.2 Å². The number of halogens is 1. The Bertz CT molecular complexity index is 521. The van der Waals surface area contributed by atoms with Crippen molar-refractivity contribution in [2.24, 2.45) is 5.73 Å². The van der Waals surface area contributed by atoms with Gasteiger partial charge in [0.2, 0.25) is 0 Å². The minimum Gasteiger partial charge on any atom is -0.321 e. The van der Waals surface area contributed by atoms with Gasteiger partial charge in [0, 0.05) is 16.8 Å². The standard InChI is InChI=1S/C11H14ClNO2S/c1-16(14,15)8-3-4-10(12)9(7-8)11(13)5-2-6-11/h3-4,7H,2,5-6,13H2,1H3. The maximum atomic E-state index is 11.4. The molecule has 0 amide bonds. The number of sulfone groups is 1. The van der Waals surface area contributed by atoms with Crippen LogP contribution in [0.2, 0.25) is 5.02 Å². The lowest BCUT2D eigenvalue weighted by atomic mass is 9.73. The van der Waals surface area contributed by atoms with Gasteiger partial charge in [-0.2, -0.15) is 0 Å². The summed E-state index contributed by atoms with van der Waals surface area (Å²) >= 11 is 6.07. The second kappa shape index (κ2) is 3.72. The molecule has 1 aromatic rings. The van der Waals surface area contributed by atoms with E-state index in [-0.39, 0.29) is 4.90 Å². The van der Waals surface area contributed by atoms with Crippen LogP contribution in [0.5, 0.6) is 0 Å². The lowest BCUT2D eigenvalue weighted by molar-refractivity contribution is 0.253. The molecular formula is C11H14ClNO2S. The lowest BCUT2D eigenvalue weighted by Gasteiger charge is -2.39. The highest BCUT2D eigenvalue weighted by atomic mass is 35.5. The van der Waals surface area contributed by atoms with Crippen LogP contribution in [-0.4, -0.2) is 14.7 Å². The van der Waals surface area contributed by atoms with Crippen LogP contribution in [0.1, 0.15) is 24.8 Å². The van der Waals surface area contributed by atoms with Crippen LogP contribution < -0.4 is 5.73 Å². The predicted molar refractivity (Wildman–Crippen MR) is 64.3 cm³/mol. The summed E-state index contributed by atoms with van der Waals surface area (Å²) in [4.78, 5) is 0.281. The summed E-state index contributed by atoms with van der Waals surface area (Å²) in [5.41, 5.74) is 6.48. The monoisotopic (exact) mass is 259 g/mol. The molecule has 16 heavy (non-hydrogen) atoms. The molecule has 0 spiro atoms. The highest BCUT2D eigenvalue weighted by molar-refractivity contribution is 7.90. The molecule has 0 radical (unpaired) electrons. The third kappa shape index (κ3) is 1.97. The van der Waals surface area contributed by atoms with Gasteiger partial charge in [0.05, 0.1) is 4.90 Å². The largest absolute Gasteiger partial charge is 0.321 e. The van der Waals surface area contributed by atoms with Crippen LogP contribution in [0.4, 0.5) is 0 Å². The molecule has 1 aliphatic carbocycles. The Morgan fingerprint density at radius 3 is 2.44 bits per heavy atom.